The van der Waals surface area contributed by atoms with Crippen LogP contribution in [0.15, 0.2) is 53.3 Å². The van der Waals surface area contributed by atoms with E-state index in [1.165, 1.54) is 12.8 Å². The molecule has 2 aromatic heterocycles. The Morgan fingerprint density at radius 1 is 1.17 bits per heavy atom. The van der Waals surface area contributed by atoms with Crippen LogP contribution in [0.3, 0.4) is 0 Å². The van der Waals surface area contributed by atoms with Crippen LogP contribution in [0.4, 0.5) is 0 Å². The van der Waals surface area contributed by atoms with E-state index >= 15 is 0 Å². The smallest absolute Gasteiger partial charge is 0.257 e. The van der Waals surface area contributed by atoms with Crippen molar-refractivity contribution in [1.29, 1.82) is 0 Å². The summed E-state index contributed by atoms with van der Waals surface area (Å²) in [7, 11) is 0. The lowest BCUT2D eigenvalue weighted by molar-refractivity contribution is 0.211. The van der Waals surface area contributed by atoms with Crippen LogP contribution in [0.5, 0.6) is 0 Å². The third-order valence-corrected chi connectivity index (χ3v) is 4.29. The molecule has 0 aliphatic carbocycles. The van der Waals surface area contributed by atoms with Gasteiger partial charge in [-0.15, -0.1) is 0 Å². The maximum atomic E-state index is 5.40. The molecule has 4 rings (SSSR count). The zero-order valence-electron chi connectivity index (χ0n) is 12.9. The monoisotopic (exact) mass is 309 g/mol. The van der Waals surface area contributed by atoms with Gasteiger partial charge in [-0.25, -0.2) is 0 Å². The first kappa shape index (κ1) is 14.1. The molecule has 1 aromatic carbocycles. The second kappa shape index (κ2) is 6.34. The van der Waals surface area contributed by atoms with E-state index in [0.29, 0.717) is 11.9 Å². The number of likely N-dealkylation sites (tertiary alicyclic amines) is 1. The molecule has 23 heavy (non-hydrogen) atoms. The summed E-state index contributed by atoms with van der Waals surface area (Å²) in [6.07, 6.45) is 6.22. The van der Waals surface area contributed by atoms with Gasteiger partial charge in [0.1, 0.15) is 0 Å². The highest BCUT2D eigenvalue weighted by atomic mass is 16.5. The van der Waals surface area contributed by atoms with Gasteiger partial charge in [-0.1, -0.05) is 23.4 Å². The first-order chi connectivity index (χ1) is 11.4. The molecule has 1 atom stereocenters. The minimum absolute atomic E-state index is 0.480. The molecule has 1 fully saturated rings. The molecule has 118 valence electrons. The van der Waals surface area contributed by atoms with Crippen LogP contribution >= 0.6 is 0 Å². The molecule has 0 N–H and O–H groups in total. The first-order valence-corrected chi connectivity index (χ1v) is 7.98. The van der Waals surface area contributed by atoms with E-state index in [0.717, 1.165) is 31.0 Å². The summed E-state index contributed by atoms with van der Waals surface area (Å²) in [5.41, 5.74) is 0.959. The molecule has 3 aromatic rings. The second-order valence-electron chi connectivity index (χ2n) is 5.88. The number of benzene rings is 1. The minimum Gasteiger partial charge on any atom is -0.334 e. The van der Waals surface area contributed by atoms with Gasteiger partial charge in [0.15, 0.2) is 5.82 Å². The van der Waals surface area contributed by atoms with Crippen molar-refractivity contribution in [3.63, 3.8) is 0 Å². The minimum atomic E-state index is 0.480. The van der Waals surface area contributed by atoms with Gasteiger partial charge in [0.25, 0.3) is 5.89 Å². The normalized spacial score (nSPS) is 18.5. The van der Waals surface area contributed by atoms with Gasteiger partial charge >= 0.3 is 0 Å². The van der Waals surface area contributed by atoms with E-state index in [4.69, 9.17) is 4.52 Å². The molecule has 0 spiro atoms. The number of hydrogen-bond acceptors (Lipinski definition) is 5. The highest BCUT2D eigenvalue weighted by Gasteiger charge is 2.26. The van der Waals surface area contributed by atoms with Gasteiger partial charge < -0.3 is 4.52 Å². The molecule has 0 radical (unpaired) electrons. The molecule has 0 saturated carbocycles. The average Bonchev–Trinajstić information content (AvgIpc) is 3.33. The average molecular weight is 309 g/mol. The van der Waals surface area contributed by atoms with Crippen LogP contribution in [0.1, 0.15) is 18.7 Å². The van der Waals surface area contributed by atoms with Crippen LogP contribution in [0, 0.1) is 0 Å². The standard InChI is InChI=1S/C17H19N5O/c1-2-6-14(7-3-1)17-19-16(20-23-17)13-21-10-4-8-15(21)12-22-11-5-9-18-22/h1-3,5-7,9,11,15H,4,8,10,12-13H2/t15-/m1/s1. The van der Waals surface area contributed by atoms with Crippen LogP contribution in [0.25, 0.3) is 11.5 Å². The van der Waals surface area contributed by atoms with Crippen molar-refractivity contribution < 1.29 is 4.52 Å². The highest BCUT2D eigenvalue weighted by Crippen LogP contribution is 2.22. The van der Waals surface area contributed by atoms with Crippen molar-refractivity contribution in [3.8, 4) is 11.5 Å². The Kier molecular flexibility index (Phi) is 3.90. The van der Waals surface area contributed by atoms with E-state index < -0.39 is 0 Å². The van der Waals surface area contributed by atoms with Crippen molar-refractivity contribution in [3.05, 3.63) is 54.6 Å². The summed E-state index contributed by atoms with van der Waals surface area (Å²) in [5.74, 6) is 1.33. The molecule has 1 aliphatic rings. The fraction of sp³-hybridized carbons (Fsp3) is 0.353. The molecule has 3 heterocycles. The second-order valence-corrected chi connectivity index (χ2v) is 5.88. The molecule has 0 bridgehead atoms. The van der Waals surface area contributed by atoms with Crippen molar-refractivity contribution >= 4 is 0 Å². The van der Waals surface area contributed by atoms with E-state index in [9.17, 15) is 0 Å². The summed E-state index contributed by atoms with van der Waals surface area (Å²) in [6.45, 7) is 2.71. The Hall–Kier alpha value is -2.47. The predicted octanol–water partition coefficient (Wildman–Crippen LogP) is 2.60. The topological polar surface area (TPSA) is 60.0 Å². The van der Waals surface area contributed by atoms with E-state index in [-0.39, 0.29) is 0 Å². The van der Waals surface area contributed by atoms with Crippen LogP contribution in [0.2, 0.25) is 0 Å². The maximum absolute atomic E-state index is 5.40. The number of nitrogens with zero attached hydrogens (tertiary/aromatic N) is 5. The molecular weight excluding hydrogens is 290 g/mol. The number of hydrogen-bond donors (Lipinski definition) is 0. The summed E-state index contributed by atoms with van der Waals surface area (Å²) >= 11 is 0. The summed E-state index contributed by atoms with van der Waals surface area (Å²) < 4.78 is 7.39. The Morgan fingerprint density at radius 2 is 2.09 bits per heavy atom. The molecule has 6 heteroatoms. The van der Waals surface area contributed by atoms with Gasteiger partial charge in [-0.05, 0) is 37.6 Å². The SMILES string of the molecule is c1ccc(-c2nc(CN3CCC[C@@H]3Cn3cccn3)no2)cc1. The first-order valence-electron chi connectivity index (χ1n) is 7.98. The van der Waals surface area contributed by atoms with Crippen molar-refractivity contribution in [2.24, 2.45) is 0 Å². The van der Waals surface area contributed by atoms with Gasteiger partial charge in [0.05, 0.1) is 13.1 Å². The van der Waals surface area contributed by atoms with Crippen molar-refractivity contribution in [2.45, 2.75) is 32.0 Å². The largest absolute Gasteiger partial charge is 0.334 e. The van der Waals surface area contributed by atoms with Crippen LogP contribution in [-0.2, 0) is 13.1 Å². The zero-order valence-corrected chi connectivity index (χ0v) is 12.9. The fourth-order valence-electron chi connectivity index (χ4n) is 3.13. The summed E-state index contributed by atoms with van der Waals surface area (Å²) in [5, 5.41) is 8.44. The molecule has 0 amide bonds. The highest BCUT2D eigenvalue weighted by molar-refractivity contribution is 5.51. The van der Waals surface area contributed by atoms with Gasteiger partial charge in [-0.2, -0.15) is 10.1 Å². The number of rotatable bonds is 5. The molecule has 1 aliphatic heterocycles. The molecule has 6 nitrogen and oxygen atoms in total. The van der Waals surface area contributed by atoms with Crippen LogP contribution < -0.4 is 0 Å². The van der Waals surface area contributed by atoms with E-state index in [1.54, 1.807) is 0 Å². The number of aromatic nitrogens is 4. The van der Waals surface area contributed by atoms with E-state index in [1.807, 2.05) is 53.5 Å². The molecule has 0 unspecified atom stereocenters. The van der Waals surface area contributed by atoms with Gasteiger partial charge in [0, 0.05) is 24.0 Å². The zero-order chi connectivity index (χ0) is 15.5. The fourth-order valence-corrected chi connectivity index (χ4v) is 3.13. The predicted molar refractivity (Wildman–Crippen MR) is 85.4 cm³/mol. The quantitative estimate of drug-likeness (QED) is 0.725. The summed E-state index contributed by atoms with van der Waals surface area (Å²) in [6, 6.07) is 12.3. The summed E-state index contributed by atoms with van der Waals surface area (Å²) in [4.78, 5) is 6.95. The Labute approximate surface area is 134 Å². The van der Waals surface area contributed by atoms with Gasteiger partial charge in [0.2, 0.25) is 0 Å². The lowest BCUT2D eigenvalue weighted by Gasteiger charge is -2.22. The Morgan fingerprint density at radius 3 is 2.91 bits per heavy atom. The third-order valence-electron chi connectivity index (χ3n) is 4.29. The molecule has 1 saturated heterocycles. The lowest BCUT2D eigenvalue weighted by Crippen LogP contribution is -2.33. The Balaban J connectivity index is 1.44. The molecular formula is C17H19N5O. The lowest BCUT2D eigenvalue weighted by atomic mass is 10.2. The van der Waals surface area contributed by atoms with Crippen molar-refractivity contribution in [1.82, 2.24) is 24.8 Å². The maximum Gasteiger partial charge on any atom is 0.257 e. The van der Waals surface area contributed by atoms with E-state index in [2.05, 4.69) is 20.1 Å². The van der Waals surface area contributed by atoms with Crippen molar-refractivity contribution in [2.75, 3.05) is 6.54 Å². The van der Waals surface area contributed by atoms with Gasteiger partial charge in [-0.3, -0.25) is 9.58 Å². The Bertz CT molecular complexity index is 737. The van der Waals surface area contributed by atoms with Crippen LogP contribution in [-0.4, -0.2) is 37.4 Å². The third kappa shape index (κ3) is 3.17.